The van der Waals surface area contributed by atoms with E-state index in [2.05, 4.69) is 17.5 Å². The van der Waals surface area contributed by atoms with Gasteiger partial charge in [-0.05, 0) is 25.0 Å². The number of nitrogens with one attached hydrogen (secondary N) is 1. The normalized spacial score (nSPS) is 10.7. The van der Waals surface area contributed by atoms with Crippen LogP contribution in [0.4, 0.5) is 5.69 Å². The summed E-state index contributed by atoms with van der Waals surface area (Å²) in [4.78, 5) is 21.6. The van der Waals surface area contributed by atoms with Crippen LogP contribution in [0, 0.1) is 10.1 Å². The number of carbonyl (C=O) groups is 1. The number of amides is 1. The lowest BCUT2D eigenvalue weighted by atomic mass is 10.2. The molecule has 1 rings (SSSR count). The van der Waals surface area contributed by atoms with Gasteiger partial charge in [0.2, 0.25) is 0 Å². The van der Waals surface area contributed by atoms with Gasteiger partial charge >= 0.3 is 0 Å². The Balaban J connectivity index is 2.35. The number of benzene rings is 1. The first-order chi connectivity index (χ1) is 9.65. The molecule has 1 N–H and O–H groups in total. The second-order valence-electron chi connectivity index (χ2n) is 4.41. The van der Waals surface area contributed by atoms with Crippen molar-refractivity contribution < 1.29 is 9.72 Å². The average Bonchev–Trinajstić information content (AvgIpc) is 2.46. The van der Waals surface area contributed by atoms with Crippen LogP contribution in [0.3, 0.4) is 0 Å². The Hall–Kier alpha value is -2.24. The molecule has 1 aromatic rings. The maximum absolute atomic E-state index is 11.7. The number of nitrogens with zero attached hydrogens (tertiary/aromatic N) is 2. The fraction of sp³-hybridized carbons (Fsp3) is 0.429. The van der Waals surface area contributed by atoms with E-state index in [-0.39, 0.29) is 11.6 Å². The molecule has 0 aromatic heterocycles. The molecule has 0 radical (unpaired) electrons. The number of unbranched alkanes of at least 4 members (excludes halogenated alkanes) is 4. The van der Waals surface area contributed by atoms with E-state index in [4.69, 9.17) is 0 Å². The summed E-state index contributed by atoms with van der Waals surface area (Å²) < 4.78 is 0. The minimum atomic E-state index is -0.504. The van der Waals surface area contributed by atoms with E-state index in [0.717, 1.165) is 12.8 Å². The minimum Gasteiger partial charge on any atom is -0.267 e. The molecule has 20 heavy (non-hydrogen) atoms. The van der Waals surface area contributed by atoms with Gasteiger partial charge in [0, 0.05) is 23.9 Å². The minimum absolute atomic E-state index is 0.0408. The molecule has 0 heterocycles. The number of nitro groups is 1. The first kappa shape index (κ1) is 15.8. The zero-order chi connectivity index (χ0) is 14.8. The molecule has 0 unspecified atom stereocenters. The molecule has 6 nitrogen and oxygen atoms in total. The van der Waals surface area contributed by atoms with Crippen LogP contribution in [-0.4, -0.2) is 17.0 Å². The Morgan fingerprint density at radius 2 is 2.00 bits per heavy atom. The van der Waals surface area contributed by atoms with Gasteiger partial charge in [0.1, 0.15) is 0 Å². The summed E-state index contributed by atoms with van der Waals surface area (Å²) in [6.07, 6.45) is 7.14. The summed E-state index contributed by atoms with van der Waals surface area (Å²) in [6.45, 7) is 2.15. The summed E-state index contributed by atoms with van der Waals surface area (Å²) in [7, 11) is 0. The van der Waals surface area contributed by atoms with E-state index in [0.29, 0.717) is 5.56 Å². The largest absolute Gasteiger partial charge is 0.271 e. The molecule has 0 aliphatic carbocycles. The Bertz CT molecular complexity index is 469. The number of nitro benzene ring substituents is 1. The first-order valence-electron chi connectivity index (χ1n) is 6.71. The van der Waals surface area contributed by atoms with E-state index >= 15 is 0 Å². The summed E-state index contributed by atoms with van der Waals surface area (Å²) in [5.74, 6) is -0.371. The smallest absolute Gasteiger partial charge is 0.267 e. The van der Waals surface area contributed by atoms with E-state index in [1.165, 1.54) is 43.5 Å². The van der Waals surface area contributed by atoms with Crippen molar-refractivity contribution in [3.05, 3.63) is 39.9 Å². The molecule has 6 heteroatoms. The lowest BCUT2D eigenvalue weighted by Crippen LogP contribution is -2.17. The highest BCUT2D eigenvalue weighted by molar-refractivity contribution is 5.94. The molecule has 0 aliphatic heterocycles. The summed E-state index contributed by atoms with van der Waals surface area (Å²) in [5, 5.41) is 14.3. The SMILES string of the molecule is CCCCCC/C=N/NC(=O)c1ccc([N+](=O)[O-])cc1. The third-order valence-corrected chi connectivity index (χ3v) is 2.78. The highest BCUT2D eigenvalue weighted by Gasteiger charge is 2.08. The molecule has 0 aliphatic rings. The second-order valence-corrected chi connectivity index (χ2v) is 4.41. The predicted octanol–water partition coefficient (Wildman–Crippen LogP) is 3.28. The Morgan fingerprint density at radius 3 is 2.60 bits per heavy atom. The van der Waals surface area contributed by atoms with Gasteiger partial charge in [0.05, 0.1) is 4.92 Å². The zero-order valence-electron chi connectivity index (χ0n) is 11.5. The number of hydrogen-bond acceptors (Lipinski definition) is 4. The van der Waals surface area contributed by atoms with Crippen LogP contribution in [0.5, 0.6) is 0 Å². The van der Waals surface area contributed by atoms with Crippen LogP contribution in [0.25, 0.3) is 0 Å². The molecule has 0 fully saturated rings. The van der Waals surface area contributed by atoms with Gasteiger partial charge < -0.3 is 0 Å². The van der Waals surface area contributed by atoms with Gasteiger partial charge in [-0.3, -0.25) is 14.9 Å². The van der Waals surface area contributed by atoms with Crippen LogP contribution in [-0.2, 0) is 0 Å². The van der Waals surface area contributed by atoms with Gasteiger partial charge in [0.25, 0.3) is 11.6 Å². The molecule has 0 bridgehead atoms. The molecule has 1 aromatic carbocycles. The van der Waals surface area contributed by atoms with E-state index in [1.54, 1.807) is 6.21 Å². The predicted molar refractivity (Wildman–Crippen MR) is 77.8 cm³/mol. The summed E-state index contributed by atoms with van der Waals surface area (Å²) >= 11 is 0. The van der Waals surface area contributed by atoms with Crippen LogP contribution in [0.1, 0.15) is 49.4 Å². The van der Waals surface area contributed by atoms with Crippen LogP contribution >= 0.6 is 0 Å². The second kappa shape index (κ2) is 8.79. The van der Waals surface area contributed by atoms with Crippen molar-refractivity contribution in [3.63, 3.8) is 0 Å². The molecule has 0 spiro atoms. The Labute approximate surface area is 118 Å². The summed E-state index contributed by atoms with van der Waals surface area (Å²) in [6, 6.07) is 5.40. The standard InChI is InChI=1S/C14H19N3O3/c1-2-3-4-5-6-11-15-16-14(18)12-7-9-13(10-8-12)17(19)20/h7-11H,2-6H2,1H3,(H,16,18)/b15-11+. The molecule has 1 amide bonds. The van der Waals surface area contributed by atoms with Gasteiger partial charge in [-0.1, -0.05) is 26.2 Å². The van der Waals surface area contributed by atoms with Crippen molar-refractivity contribution in [2.75, 3.05) is 0 Å². The Morgan fingerprint density at radius 1 is 1.30 bits per heavy atom. The van der Waals surface area contributed by atoms with E-state index < -0.39 is 4.92 Å². The quantitative estimate of drug-likeness (QED) is 0.342. The fourth-order valence-electron chi connectivity index (χ4n) is 1.63. The van der Waals surface area contributed by atoms with Crippen LogP contribution in [0.15, 0.2) is 29.4 Å². The molecule has 0 saturated heterocycles. The molecule has 108 valence electrons. The van der Waals surface area contributed by atoms with Crippen LogP contribution < -0.4 is 5.43 Å². The number of hydrazone groups is 1. The third kappa shape index (κ3) is 5.60. The van der Waals surface area contributed by atoms with Crippen molar-refractivity contribution in [1.29, 1.82) is 0 Å². The molecular formula is C14H19N3O3. The van der Waals surface area contributed by atoms with Crippen molar-refractivity contribution in [2.45, 2.75) is 39.0 Å². The summed E-state index contributed by atoms with van der Waals surface area (Å²) in [5.41, 5.74) is 2.70. The highest BCUT2D eigenvalue weighted by Crippen LogP contribution is 2.11. The monoisotopic (exact) mass is 277 g/mol. The molecule has 0 saturated carbocycles. The van der Waals surface area contributed by atoms with E-state index in [9.17, 15) is 14.9 Å². The molecular weight excluding hydrogens is 258 g/mol. The van der Waals surface area contributed by atoms with Gasteiger partial charge in [-0.25, -0.2) is 5.43 Å². The highest BCUT2D eigenvalue weighted by atomic mass is 16.6. The van der Waals surface area contributed by atoms with Crippen molar-refractivity contribution in [1.82, 2.24) is 5.43 Å². The number of non-ortho nitro benzene ring substituents is 1. The fourth-order valence-corrected chi connectivity index (χ4v) is 1.63. The van der Waals surface area contributed by atoms with Crippen molar-refractivity contribution in [2.24, 2.45) is 5.10 Å². The first-order valence-corrected chi connectivity index (χ1v) is 6.71. The maximum Gasteiger partial charge on any atom is 0.271 e. The lowest BCUT2D eigenvalue weighted by molar-refractivity contribution is -0.384. The third-order valence-electron chi connectivity index (χ3n) is 2.78. The van der Waals surface area contributed by atoms with Gasteiger partial charge in [0.15, 0.2) is 0 Å². The van der Waals surface area contributed by atoms with Crippen molar-refractivity contribution >= 4 is 17.8 Å². The Kier molecular flexibility index (Phi) is 6.95. The average molecular weight is 277 g/mol. The van der Waals surface area contributed by atoms with E-state index in [1.807, 2.05) is 0 Å². The number of carbonyl (C=O) groups excluding carboxylic acids is 1. The van der Waals surface area contributed by atoms with Crippen LogP contribution in [0.2, 0.25) is 0 Å². The number of rotatable bonds is 8. The zero-order valence-corrected chi connectivity index (χ0v) is 11.5. The molecule has 0 atom stereocenters. The topological polar surface area (TPSA) is 84.6 Å². The number of hydrogen-bond donors (Lipinski definition) is 1. The van der Waals surface area contributed by atoms with Gasteiger partial charge in [-0.15, -0.1) is 0 Å². The lowest BCUT2D eigenvalue weighted by Gasteiger charge is -1.99. The maximum atomic E-state index is 11.7. The van der Waals surface area contributed by atoms with Gasteiger partial charge in [-0.2, -0.15) is 5.10 Å². The van der Waals surface area contributed by atoms with Crippen molar-refractivity contribution in [3.8, 4) is 0 Å².